The van der Waals surface area contributed by atoms with Crippen molar-refractivity contribution in [2.75, 3.05) is 4.90 Å². The first-order chi connectivity index (χ1) is 16.8. The molecule has 0 saturated heterocycles. The zero-order valence-corrected chi connectivity index (χ0v) is 22.1. The van der Waals surface area contributed by atoms with Crippen molar-refractivity contribution in [3.05, 3.63) is 119 Å². The van der Waals surface area contributed by atoms with E-state index in [9.17, 15) is 0 Å². The van der Waals surface area contributed by atoms with E-state index in [4.69, 9.17) is 27.6 Å². The number of anilines is 1. The van der Waals surface area contributed by atoms with Gasteiger partial charge in [0.1, 0.15) is 0 Å². The second-order valence-electron chi connectivity index (χ2n) is 8.22. The van der Waals surface area contributed by atoms with Crippen LogP contribution in [0.4, 0.5) is 5.69 Å². The van der Waals surface area contributed by atoms with Gasteiger partial charge in [0.2, 0.25) is 0 Å². The molecule has 0 fully saturated rings. The molecule has 0 unspecified atom stereocenters. The highest BCUT2D eigenvalue weighted by atomic mass is 35.5. The molecule has 3 nitrogen and oxygen atoms in total. The van der Waals surface area contributed by atoms with Gasteiger partial charge in [0, 0.05) is 28.1 Å². The molecule has 0 aliphatic carbocycles. The van der Waals surface area contributed by atoms with E-state index >= 15 is 0 Å². The SMILES string of the molecule is C=C(c1ccccc1Cl)N(/C=C(\C)c1cnco1)c1ccc(-c2cccc(C)c2)cc1Cl.CCC. The number of benzene rings is 3. The van der Waals surface area contributed by atoms with E-state index in [1.807, 2.05) is 60.5 Å². The molecule has 180 valence electrons. The fourth-order valence-corrected chi connectivity index (χ4v) is 4.01. The van der Waals surface area contributed by atoms with Gasteiger partial charge in [0.25, 0.3) is 0 Å². The summed E-state index contributed by atoms with van der Waals surface area (Å²) in [6.07, 6.45) is 6.26. The highest BCUT2D eigenvalue weighted by Crippen LogP contribution is 2.37. The quantitative estimate of drug-likeness (QED) is 0.261. The number of hydrogen-bond acceptors (Lipinski definition) is 3. The van der Waals surface area contributed by atoms with E-state index in [2.05, 4.69) is 56.6 Å². The predicted octanol–water partition coefficient (Wildman–Crippen LogP) is 9.91. The summed E-state index contributed by atoms with van der Waals surface area (Å²) in [4.78, 5) is 5.95. The highest BCUT2D eigenvalue weighted by molar-refractivity contribution is 6.34. The van der Waals surface area contributed by atoms with Crippen molar-refractivity contribution in [1.29, 1.82) is 0 Å². The molecular formula is C30H30Cl2N2O. The van der Waals surface area contributed by atoms with Crippen LogP contribution in [0.25, 0.3) is 22.4 Å². The summed E-state index contributed by atoms with van der Waals surface area (Å²) >= 11 is 13.3. The molecule has 35 heavy (non-hydrogen) atoms. The van der Waals surface area contributed by atoms with Gasteiger partial charge in [0.15, 0.2) is 12.2 Å². The minimum atomic E-state index is 0.596. The van der Waals surface area contributed by atoms with Gasteiger partial charge in [-0.3, -0.25) is 0 Å². The standard InChI is InChI=1S/C27H22Cl2N2O.C3H8/c1-18-7-6-8-21(13-18)22-11-12-26(25(29)14-22)31(16-19(2)27-15-30-17-32-27)20(3)23-9-4-5-10-24(23)28;1-3-2/h4-17H,3H2,1-2H3;3H2,1-2H3/b19-16+;. The second-order valence-corrected chi connectivity index (χ2v) is 9.03. The Balaban J connectivity index is 0.00000108. The molecule has 0 saturated carbocycles. The van der Waals surface area contributed by atoms with E-state index in [0.29, 0.717) is 21.5 Å². The lowest BCUT2D eigenvalue weighted by molar-refractivity contribution is 0.544. The van der Waals surface area contributed by atoms with Gasteiger partial charge < -0.3 is 9.32 Å². The maximum absolute atomic E-state index is 6.81. The minimum Gasteiger partial charge on any atom is -0.444 e. The van der Waals surface area contributed by atoms with Crippen LogP contribution >= 0.6 is 23.2 Å². The molecule has 0 N–H and O–H groups in total. The summed E-state index contributed by atoms with van der Waals surface area (Å²) in [5, 5.41) is 1.21. The van der Waals surface area contributed by atoms with Crippen molar-refractivity contribution >= 4 is 40.2 Å². The van der Waals surface area contributed by atoms with Gasteiger partial charge in [-0.05, 0) is 43.2 Å². The molecule has 1 aromatic heterocycles. The van der Waals surface area contributed by atoms with E-state index in [1.54, 1.807) is 6.20 Å². The van der Waals surface area contributed by atoms with Gasteiger partial charge >= 0.3 is 0 Å². The molecule has 0 amide bonds. The number of nitrogens with zero attached hydrogens (tertiary/aromatic N) is 2. The molecule has 5 heteroatoms. The average Bonchev–Trinajstić information content (AvgIpc) is 3.38. The smallest absolute Gasteiger partial charge is 0.181 e. The zero-order valence-electron chi connectivity index (χ0n) is 20.6. The third kappa shape index (κ3) is 6.66. The molecule has 0 aliphatic rings. The summed E-state index contributed by atoms with van der Waals surface area (Å²) in [6, 6.07) is 21.9. The van der Waals surface area contributed by atoms with Gasteiger partial charge in [-0.1, -0.05) is 104 Å². The Hall–Kier alpha value is -3.27. The lowest BCUT2D eigenvalue weighted by Crippen LogP contribution is -2.15. The largest absolute Gasteiger partial charge is 0.444 e. The third-order valence-electron chi connectivity index (χ3n) is 5.18. The fraction of sp³-hybridized carbons (Fsp3) is 0.167. The zero-order chi connectivity index (χ0) is 25.4. The molecule has 0 radical (unpaired) electrons. The van der Waals surface area contributed by atoms with Crippen LogP contribution in [0.3, 0.4) is 0 Å². The topological polar surface area (TPSA) is 29.3 Å². The summed E-state index contributed by atoms with van der Waals surface area (Å²) in [5.74, 6) is 0.662. The summed E-state index contributed by atoms with van der Waals surface area (Å²) in [7, 11) is 0. The number of aromatic nitrogens is 1. The van der Waals surface area contributed by atoms with E-state index in [1.165, 1.54) is 18.4 Å². The molecule has 0 aliphatic heterocycles. The molecule has 4 rings (SSSR count). The minimum absolute atomic E-state index is 0.596. The number of rotatable bonds is 6. The molecule has 3 aromatic carbocycles. The van der Waals surface area contributed by atoms with Crippen LogP contribution in [-0.2, 0) is 0 Å². The first kappa shape index (κ1) is 26.3. The Bertz CT molecular complexity index is 1310. The molecular weight excluding hydrogens is 475 g/mol. The van der Waals surface area contributed by atoms with Crippen LogP contribution in [0, 0.1) is 6.92 Å². The lowest BCUT2D eigenvalue weighted by Gasteiger charge is -2.26. The second kappa shape index (κ2) is 12.4. The molecule has 0 atom stereocenters. The number of halogens is 2. The Morgan fingerprint density at radius 3 is 2.31 bits per heavy atom. The van der Waals surface area contributed by atoms with Crippen molar-refractivity contribution in [2.24, 2.45) is 0 Å². The van der Waals surface area contributed by atoms with Crippen molar-refractivity contribution < 1.29 is 4.42 Å². The van der Waals surface area contributed by atoms with Crippen LogP contribution in [0.1, 0.15) is 44.1 Å². The summed E-state index contributed by atoms with van der Waals surface area (Å²) < 4.78 is 5.46. The van der Waals surface area contributed by atoms with Crippen molar-refractivity contribution in [3.63, 3.8) is 0 Å². The molecule has 0 spiro atoms. The van der Waals surface area contributed by atoms with Crippen LogP contribution in [0.15, 0.2) is 96.5 Å². The van der Waals surface area contributed by atoms with Crippen LogP contribution in [0.5, 0.6) is 0 Å². The number of hydrogen-bond donors (Lipinski definition) is 0. The average molecular weight is 505 g/mol. The van der Waals surface area contributed by atoms with Crippen LogP contribution in [-0.4, -0.2) is 4.98 Å². The van der Waals surface area contributed by atoms with Gasteiger partial charge in [-0.15, -0.1) is 0 Å². The van der Waals surface area contributed by atoms with E-state index < -0.39 is 0 Å². The highest BCUT2D eigenvalue weighted by Gasteiger charge is 2.17. The summed E-state index contributed by atoms with van der Waals surface area (Å²) in [5.41, 5.74) is 6.52. The number of allylic oxidation sites excluding steroid dienone is 1. The molecule has 0 bridgehead atoms. The molecule has 4 aromatic rings. The fourth-order valence-electron chi connectivity index (χ4n) is 3.49. The Kier molecular flexibility index (Phi) is 9.36. The molecule has 1 heterocycles. The normalized spacial score (nSPS) is 11.0. The number of aryl methyl sites for hydroxylation is 1. The van der Waals surface area contributed by atoms with Crippen molar-refractivity contribution in [3.8, 4) is 11.1 Å². The first-order valence-corrected chi connectivity index (χ1v) is 12.3. The van der Waals surface area contributed by atoms with E-state index in [0.717, 1.165) is 28.0 Å². The van der Waals surface area contributed by atoms with Gasteiger partial charge in [0.05, 0.1) is 16.9 Å². The Morgan fingerprint density at radius 2 is 1.69 bits per heavy atom. The van der Waals surface area contributed by atoms with Crippen LogP contribution in [0.2, 0.25) is 10.0 Å². The van der Waals surface area contributed by atoms with Gasteiger partial charge in [-0.2, -0.15) is 0 Å². The summed E-state index contributed by atoms with van der Waals surface area (Å²) in [6.45, 7) is 12.6. The van der Waals surface area contributed by atoms with Crippen LogP contribution < -0.4 is 4.90 Å². The van der Waals surface area contributed by atoms with Crippen molar-refractivity contribution in [1.82, 2.24) is 4.98 Å². The maximum Gasteiger partial charge on any atom is 0.181 e. The first-order valence-electron chi connectivity index (χ1n) is 11.5. The van der Waals surface area contributed by atoms with Gasteiger partial charge in [-0.25, -0.2) is 4.98 Å². The Morgan fingerprint density at radius 1 is 0.971 bits per heavy atom. The Labute approximate surface area is 218 Å². The predicted molar refractivity (Wildman–Crippen MR) is 151 cm³/mol. The maximum atomic E-state index is 6.81. The monoisotopic (exact) mass is 504 g/mol. The third-order valence-corrected chi connectivity index (χ3v) is 5.81. The number of oxazole rings is 1. The van der Waals surface area contributed by atoms with E-state index in [-0.39, 0.29) is 0 Å². The lowest BCUT2D eigenvalue weighted by atomic mass is 10.0. The van der Waals surface area contributed by atoms with Crippen molar-refractivity contribution in [2.45, 2.75) is 34.1 Å².